The Balaban J connectivity index is 1.51. The van der Waals surface area contributed by atoms with Crippen LogP contribution in [0.5, 0.6) is 0 Å². The van der Waals surface area contributed by atoms with Gasteiger partial charge in [-0.1, -0.05) is 85.0 Å². The lowest BCUT2D eigenvalue weighted by Crippen LogP contribution is -2.33. The highest BCUT2D eigenvalue weighted by molar-refractivity contribution is 5.37. The van der Waals surface area contributed by atoms with Crippen LogP contribution in [0.3, 0.4) is 0 Å². The van der Waals surface area contributed by atoms with Crippen molar-refractivity contribution < 1.29 is 5.11 Å². The summed E-state index contributed by atoms with van der Waals surface area (Å²) in [6, 6.07) is 24.2. The predicted octanol–water partition coefficient (Wildman–Crippen LogP) is 4.94. The molecule has 2 heterocycles. The maximum Gasteiger partial charge on any atom is 0.125 e. The van der Waals surface area contributed by atoms with E-state index in [4.69, 9.17) is 0 Å². The van der Waals surface area contributed by atoms with Crippen molar-refractivity contribution in [3.63, 3.8) is 0 Å². The van der Waals surface area contributed by atoms with Crippen LogP contribution in [0.4, 0.5) is 0 Å². The van der Waals surface area contributed by atoms with E-state index in [1.54, 1.807) is 0 Å². The highest BCUT2D eigenvalue weighted by Crippen LogP contribution is 2.33. The van der Waals surface area contributed by atoms with Gasteiger partial charge in [0.05, 0.1) is 6.54 Å². The quantitative estimate of drug-likeness (QED) is 0.621. The molecule has 1 fully saturated rings. The van der Waals surface area contributed by atoms with Crippen molar-refractivity contribution in [2.75, 3.05) is 13.1 Å². The molecule has 1 N–H and O–H groups in total. The number of hydrogen-bond acceptors (Lipinski definition) is 3. The van der Waals surface area contributed by atoms with Crippen molar-refractivity contribution in [2.24, 2.45) is 0 Å². The van der Waals surface area contributed by atoms with Crippen molar-refractivity contribution in [1.29, 1.82) is 0 Å². The van der Waals surface area contributed by atoms with Crippen LogP contribution in [0.1, 0.15) is 48.4 Å². The van der Waals surface area contributed by atoms with Crippen LogP contribution in [-0.4, -0.2) is 28.1 Å². The number of pyridine rings is 1. The van der Waals surface area contributed by atoms with Crippen LogP contribution in [0.15, 0.2) is 85.2 Å². The molecule has 0 bridgehead atoms. The smallest absolute Gasteiger partial charge is 0.125 e. The summed E-state index contributed by atoms with van der Waals surface area (Å²) in [7, 11) is 0. The van der Waals surface area contributed by atoms with Crippen LogP contribution in [0, 0.1) is 11.8 Å². The van der Waals surface area contributed by atoms with Gasteiger partial charge in [-0.05, 0) is 42.1 Å². The summed E-state index contributed by atoms with van der Waals surface area (Å²) in [5.41, 5.74) is 1.90. The zero-order chi connectivity index (χ0) is 20.7. The van der Waals surface area contributed by atoms with Gasteiger partial charge < -0.3 is 5.11 Å². The second kappa shape index (κ2) is 9.71. The summed E-state index contributed by atoms with van der Waals surface area (Å²) in [4.78, 5) is 6.74. The molecule has 0 saturated carbocycles. The van der Waals surface area contributed by atoms with E-state index in [2.05, 4.69) is 27.8 Å². The molecular formula is C27H28N2O. The van der Waals surface area contributed by atoms with E-state index in [1.165, 1.54) is 18.4 Å². The van der Waals surface area contributed by atoms with E-state index in [0.29, 0.717) is 19.0 Å². The first-order valence-electron chi connectivity index (χ1n) is 10.7. The second-order valence-electron chi connectivity index (χ2n) is 7.89. The minimum absolute atomic E-state index is 0.367. The standard InChI is InChI=1S/C27H28N2O/c30-27(24-13-3-1-4-14-24,25-15-5-2-6-16-25)18-8-10-21-29-20-9-7-17-26(29)23-12-11-19-28-22-23/h1-6,11-16,19,22,26,30H,7,9,17-18,20-21H2. The third-order valence-corrected chi connectivity index (χ3v) is 5.94. The largest absolute Gasteiger partial charge is 0.379 e. The normalized spacial score (nSPS) is 17.2. The zero-order valence-electron chi connectivity index (χ0n) is 17.2. The van der Waals surface area contributed by atoms with E-state index in [0.717, 1.165) is 24.1 Å². The molecule has 30 heavy (non-hydrogen) atoms. The van der Waals surface area contributed by atoms with Crippen LogP contribution in [0.2, 0.25) is 0 Å². The number of benzene rings is 2. The number of aromatic nitrogens is 1. The minimum atomic E-state index is -1.11. The van der Waals surface area contributed by atoms with Crippen LogP contribution < -0.4 is 0 Å². The second-order valence-corrected chi connectivity index (χ2v) is 7.89. The molecule has 2 aromatic carbocycles. The molecular weight excluding hydrogens is 368 g/mol. The third kappa shape index (κ3) is 4.62. The Hall–Kier alpha value is -2.93. The maximum absolute atomic E-state index is 11.6. The van der Waals surface area contributed by atoms with Gasteiger partial charge in [-0.2, -0.15) is 0 Å². The molecule has 3 aromatic rings. The summed E-state index contributed by atoms with van der Waals surface area (Å²) in [5.74, 6) is 6.63. The molecule has 0 aliphatic carbocycles. The number of aliphatic hydroxyl groups is 1. The summed E-state index contributed by atoms with van der Waals surface area (Å²) in [6.45, 7) is 1.76. The molecule has 1 atom stereocenters. The lowest BCUT2D eigenvalue weighted by molar-refractivity contribution is 0.0864. The van der Waals surface area contributed by atoms with Gasteiger partial charge in [0.2, 0.25) is 0 Å². The van der Waals surface area contributed by atoms with Crippen LogP contribution in [-0.2, 0) is 5.60 Å². The maximum atomic E-state index is 11.6. The number of piperidine rings is 1. The van der Waals surface area contributed by atoms with Crippen molar-refractivity contribution in [3.8, 4) is 11.8 Å². The van der Waals surface area contributed by atoms with Crippen molar-refractivity contribution >= 4 is 0 Å². The van der Waals surface area contributed by atoms with Gasteiger partial charge in [-0.15, -0.1) is 0 Å². The van der Waals surface area contributed by atoms with Crippen molar-refractivity contribution in [1.82, 2.24) is 9.88 Å². The van der Waals surface area contributed by atoms with E-state index < -0.39 is 5.60 Å². The Labute approximate surface area is 179 Å². The Morgan fingerprint density at radius 1 is 0.900 bits per heavy atom. The molecule has 0 radical (unpaired) electrons. The van der Waals surface area contributed by atoms with Crippen molar-refractivity contribution in [2.45, 2.75) is 37.3 Å². The van der Waals surface area contributed by atoms with E-state index in [1.807, 2.05) is 79.1 Å². The Kier molecular flexibility index (Phi) is 6.59. The monoisotopic (exact) mass is 396 g/mol. The van der Waals surface area contributed by atoms with Gasteiger partial charge in [-0.3, -0.25) is 9.88 Å². The van der Waals surface area contributed by atoms with Gasteiger partial charge in [0, 0.05) is 24.9 Å². The summed E-state index contributed by atoms with van der Waals surface area (Å²) < 4.78 is 0. The first-order valence-corrected chi connectivity index (χ1v) is 10.7. The molecule has 152 valence electrons. The number of rotatable bonds is 5. The SMILES string of the molecule is OC(CC#CCN1CCCCC1c1cccnc1)(c1ccccc1)c1ccccc1. The number of likely N-dealkylation sites (tertiary alicyclic amines) is 1. The molecule has 0 amide bonds. The fourth-order valence-corrected chi connectivity index (χ4v) is 4.28. The molecule has 3 heteroatoms. The highest BCUT2D eigenvalue weighted by Gasteiger charge is 2.30. The first kappa shape index (κ1) is 20.3. The highest BCUT2D eigenvalue weighted by atomic mass is 16.3. The van der Waals surface area contributed by atoms with Gasteiger partial charge >= 0.3 is 0 Å². The molecule has 1 aromatic heterocycles. The molecule has 0 spiro atoms. The van der Waals surface area contributed by atoms with Gasteiger partial charge in [-0.25, -0.2) is 0 Å². The average molecular weight is 397 g/mol. The molecule has 1 aliphatic heterocycles. The lowest BCUT2D eigenvalue weighted by atomic mass is 9.84. The molecule has 1 unspecified atom stereocenters. The third-order valence-electron chi connectivity index (χ3n) is 5.94. The fourth-order valence-electron chi connectivity index (χ4n) is 4.28. The zero-order valence-corrected chi connectivity index (χ0v) is 17.2. The van der Waals surface area contributed by atoms with Crippen LogP contribution in [0.25, 0.3) is 0 Å². The number of hydrogen-bond donors (Lipinski definition) is 1. The molecule has 3 nitrogen and oxygen atoms in total. The predicted molar refractivity (Wildman–Crippen MR) is 121 cm³/mol. The molecule has 1 aliphatic rings. The minimum Gasteiger partial charge on any atom is -0.379 e. The van der Waals surface area contributed by atoms with Gasteiger partial charge in [0.15, 0.2) is 0 Å². The van der Waals surface area contributed by atoms with Gasteiger partial charge in [0.1, 0.15) is 5.60 Å². The summed E-state index contributed by atoms with van der Waals surface area (Å²) >= 11 is 0. The van der Waals surface area contributed by atoms with E-state index in [9.17, 15) is 5.11 Å². The molecule has 4 rings (SSSR count). The lowest BCUT2D eigenvalue weighted by Gasteiger charge is -2.34. The van der Waals surface area contributed by atoms with E-state index in [-0.39, 0.29) is 0 Å². The Bertz CT molecular complexity index is 937. The Morgan fingerprint density at radius 2 is 1.60 bits per heavy atom. The molecule has 1 saturated heterocycles. The van der Waals surface area contributed by atoms with E-state index >= 15 is 0 Å². The Morgan fingerprint density at radius 3 is 2.23 bits per heavy atom. The topological polar surface area (TPSA) is 36.4 Å². The fraction of sp³-hybridized carbons (Fsp3) is 0.296. The average Bonchev–Trinajstić information content (AvgIpc) is 2.83. The van der Waals surface area contributed by atoms with Gasteiger partial charge in [0.25, 0.3) is 0 Å². The summed E-state index contributed by atoms with van der Waals surface area (Å²) in [6.07, 6.45) is 7.75. The van der Waals surface area contributed by atoms with Crippen LogP contribution >= 0.6 is 0 Å². The summed E-state index contributed by atoms with van der Waals surface area (Å²) in [5, 5.41) is 11.6. The first-order chi connectivity index (χ1) is 14.8. The van der Waals surface area contributed by atoms with Crippen molar-refractivity contribution in [3.05, 3.63) is 102 Å². The number of nitrogens with zero attached hydrogens (tertiary/aromatic N) is 2.